The number of carbonyl (C=O) groups is 2. The van der Waals surface area contributed by atoms with Crippen LogP contribution in [0.1, 0.15) is 40.0 Å². The van der Waals surface area contributed by atoms with Crippen LogP contribution in [-0.4, -0.2) is 89.2 Å². The summed E-state index contributed by atoms with van der Waals surface area (Å²) in [6.07, 6.45) is 4.92. The summed E-state index contributed by atoms with van der Waals surface area (Å²) in [5, 5.41) is 0.949. The summed E-state index contributed by atoms with van der Waals surface area (Å²) < 4.78 is 11.1. The number of ether oxygens (including phenoxy) is 2. The van der Waals surface area contributed by atoms with Crippen molar-refractivity contribution in [2.75, 3.05) is 44.4 Å². The molecule has 0 N–H and O–H groups in total. The van der Waals surface area contributed by atoms with Crippen molar-refractivity contribution in [1.82, 2.24) is 19.8 Å². The SMILES string of the molecule is CSc1cc(N2CCC(N(C)C(=O)O[C@H]3CCN(C(=O)OC(C)(C)C)C3)CC2)ncn1. The zero-order valence-electron chi connectivity index (χ0n) is 19.0. The van der Waals surface area contributed by atoms with Crippen LogP contribution in [0.25, 0.3) is 0 Å². The molecule has 0 aliphatic carbocycles. The van der Waals surface area contributed by atoms with Crippen molar-refractivity contribution in [1.29, 1.82) is 0 Å². The van der Waals surface area contributed by atoms with Gasteiger partial charge in [-0.25, -0.2) is 19.6 Å². The molecule has 0 saturated carbocycles. The standard InChI is InChI=1S/C21H33N5O4S/c1-21(2,3)30-20(28)26-11-8-16(13-26)29-19(27)24(4)15-6-9-25(10-7-15)17-12-18(31-5)23-14-22-17/h12,14-16H,6-11,13H2,1-5H3/t16-/m0/s1. The van der Waals surface area contributed by atoms with E-state index in [-0.39, 0.29) is 24.3 Å². The lowest BCUT2D eigenvalue weighted by Gasteiger charge is -2.37. The Hall–Kier alpha value is -2.23. The summed E-state index contributed by atoms with van der Waals surface area (Å²) in [5.74, 6) is 0.927. The van der Waals surface area contributed by atoms with Gasteiger partial charge in [-0.15, -0.1) is 11.8 Å². The van der Waals surface area contributed by atoms with Gasteiger partial charge in [0.1, 0.15) is 28.9 Å². The predicted octanol–water partition coefficient (Wildman–Crippen LogP) is 3.25. The number of amides is 2. The minimum atomic E-state index is -0.538. The number of hydrogen-bond acceptors (Lipinski definition) is 8. The summed E-state index contributed by atoms with van der Waals surface area (Å²) in [6, 6.07) is 2.12. The Balaban J connectivity index is 1.45. The van der Waals surface area contributed by atoms with E-state index in [1.807, 2.05) is 33.1 Å². The highest BCUT2D eigenvalue weighted by atomic mass is 32.2. The minimum absolute atomic E-state index is 0.119. The molecule has 3 rings (SSSR count). The van der Waals surface area contributed by atoms with E-state index >= 15 is 0 Å². The fourth-order valence-electron chi connectivity index (χ4n) is 3.79. The second kappa shape index (κ2) is 9.93. The molecule has 2 saturated heterocycles. The molecule has 172 valence electrons. The van der Waals surface area contributed by atoms with Crippen LogP contribution in [0.5, 0.6) is 0 Å². The molecule has 1 atom stereocenters. The molecule has 3 heterocycles. The van der Waals surface area contributed by atoms with Crippen molar-refractivity contribution in [3.05, 3.63) is 12.4 Å². The topological polar surface area (TPSA) is 88.1 Å². The fourth-order valence-corrected chi connectivity index (χ4v) is 4.16. The predicted molar refractivity (Wildman–Crippen MR) is 120 cm³/mol. The fraction of sp³-hybridized carbons (Fsp3) is 0.714. The molecular weight excluding hydrogens is 418 g/mol. The van der Waals surface area contributed by atoms with Crippen LogP contribution in [0.4, 0.5) is 15.4 Å². The Kier molecular flexibility index (Phi) is 7.51. The molecule has 2 amide bonds. The molecule has 9 nitrogen and oxygen atoms in total. The highest BCUT2D eigenvalue weighted by molar-refractivity contribution is 7.98. The number of anilines is 1. The van der Waals surface area contributed by atoms with Gasteiger partial charge in [0, 0.05) is 45.2 Å². The molecular formula is C21H33N5O4S. The van der Waals surface area contributed by atoms with Crippen LogP contribution < -0.4 is 4.90 Å². The smallest absolute Gasteiger partial charge is 0.410 e. The highest BCUT2D eigenvalue weighted by Gasteiger charge is 2.34. The van der Waals surface area contributed by atoms with Gasteiger partial charge in [-0.3, -0.25) is 0 Å². The van der Waals surface area contributed by atoms with E-state index in [0.29, 0.717) is 19.5 Å². The van der Waals surface area contributed by atoms with E-state index in [9.17, 15) is 9.59 Å². The molecule has 2 aliphatic rings. The monoisotopic (exact) mass is 451 g/mol. The first-order valence-corrected chi connectivity index (χ1v) is 11.9. The Morgan fingerprint density at radius 3 is 2.52 bits per heavy atom. The first kappa shape index (κ1) is 23.4. The lowest BCUT2D eigenvalue weighted by molar-refractivity contribution is 0.0234. The first-order valence-electron chi connectivity index (χ1n) is 10.7. The summed E-state index contributed by atoms with van der Waals surface area (Å²) in [4.78, 5) is 39.0. The second-order valence-electron chi connectivity index (χ2n) is 8.97. The summed E-state index contributed by atoms with van der Waals surface area (Å²) in [7, 11) is 1.79. The Morgan fingerprint density at radius 2 is 1.87 bits per heavy atom. The third-order valence-corrected chi connectivity index (χ3v) is 6.17. The average Bonchev–Trinajstić information content (AvgIpc) is 3.21. The molecule has 2 fully saturated rings. The number of likely N-dealkylation sites (tertiary alicyclic amines) is 1. The number of hydrogen-bond donors (Lipinski definition) is 0. The molecule has 0 radical (unpaired) electrons. The average molecular weight is 452 g/mol. The van der Waals surface area contributed by atoms with E-state index in [1.165, 1.54) is 0 Å². The van der Waals surface area contributed by atoms with Crippen LogP contribution >= 0.6 is 11.8 Å². The quantitative estimate of drug-likeness (QED) is 0.509. The first-order chi connectivity index (χ1) is 14.7. The van der Waals surface area contributed by atoms with Crippen LogP contribution in [0.15, 0.2) is 17.4 Å². The molecule has 1 aromatic heterocycles. The van der Waals surface area contributed by atoms with Crippen molar-refractivity contribution < 1.29 is 19.1 Å². The number of rotatable bonds is 4. The number of piperidine rings is 1. The lowest BCUT2D eigenvalue weighted by atomic mass is 10.0. The van der Waals surface area contributed by atoms with E-state index in [1.54, 1.807) is 34.9 Å². The maximum absolute atomic E-state index is 12.7. The van der Waals surface area contributed by atoms with E-state index in [0.717, 1.165) is 36.8 Å². The maximum atomic E-state index is 12.7. The zero-order chi connectivity index (χ0) is 22.6. The molecule has 0 unspecified atom stereocenters. The van der Waals surface area contributed by atoms with Crippen molar-refractivity contribution >= 4 is 29.8 Å². The van der Waals surface area contributed by atoms with Gasteiger partial charge in [0.25, 0.3) is 0 Å². The van der Waals surface area contributed by atoms with Gasteiger partial charge in [-0.05, 0) is 39.9 Å². The second-order valence-corrected chi connectivity index (χ2v) is 9.80. The molecule has 1 aromatic rings. The number of nitrogens with zero attached hydrogens (tertiary/aromatic N) is 5. The Morgan fingerprint density at radius 1 is 1.16 bits per heavy atom. The summed E-state index contributed by atoms with van der Waals surface area (Å²) in [5.41, 5.74) is -0.538. The van der Waals surface area contributed by atoms with Gasteiger partial charge in [0.15, 0.2) is 0 Å². The number of aromatic nitrogens is 2. The van der Waals surface area contributed by atoms with Gasteiger partial charge in [0.05, 0.1) is 6.54 Å². The third kappa shape index (κ3) is 6.38. The Bertz CT molecular complexity index is 779. The largest absolute Gasteiger partial charge is 0.444 e. The van der Waals surface area contributed by atoms with Gasteiger partial charge in [-0.2, -0.15) is 0 Å². The number of carbonyl (C=O) groups excluding carboxylic acids is 2. The van der Waals surface area contributed by atoms with Crippen molar-refractivity contribution in [2.24, 2.45) is 0 Å². The molecule has 0 aromatic carbocycles. The van der Waals surface area contributed by atoms with Gasteiger partial charge < -0.3 is 24.2 Å². The van der Waals surface area contributed by atoms with Crippen molar-refractivity contribution in [3.63, 3.8) is 0 Å². The normalized spacial score (nSPS) is 20.0. The van der Waals surface area contributed by atoms with Crippen molar-refractivity contribution in [3.8, 4) is 0 Å². The minimum Gasteiger partial charge on any atom is -0.444 e. The summed E-state index contributed by atoms with van der Waals surface area (Å²) in [6.45, 7) is 8.07. The van der Waals surface area contributed by atoms with E-state index in [4.69, 9.17) is 9.47 Å². The lowest BCUT2D eigenvalue weighted by Crippen LogP contribution is -2.46. The summed E-state index contributed by atoms with van der Waals surface area (Å²) >= 11 is 1.60. The van der Waals surface area contributed by atoms with Gasteiger partial charge in [0.2, 0.25) is 0 Å². The molecule has 10 heteroatoms. The molecule has 31 heavy (non-hydrogen) atoms. The van der Waals surface area contributed by atoms with Gasteiger partial charge >= 0.3 is 12.2 Å². The molecule has 0 spiro atoms. The van der Waals surface area contributed by atoms with Crippen LogP contribution in [0.2, 0.25) is 0 Å². The molecule has 0 bridgehead atoms. The third-order valence-electron chi connectivity index (χ3n) is 5.53. The molecule has 2 aliphatic heterocycles. The van der Waals surface area contributed by atoms with Crippen LogP contribution in [0.3, 0.4) is 0 Å². The Labute approximate surface area is 188 Å². The highest BCUT2D eigenvalue weighted by Crippen LogP contribution is 2.24. The van der Waals surface area contributed by atoms with Crippen molar-refractivity contribution in [2.45, 2.75) is 62.8 Å². The number of thioether (sulfide) groups is 1. The van der Waals surface area contributed by atoms with Crippen LogP contribution in [0, 0.1) is 0 Å². The van der Waals surface area contributed by atoms with E-state index < -0.39 is 5.60 Å². The van der Waals surface area contributed by atoms with E-state index in [2.05, 4.69) is 14.9 Å². The zero-order valence-corrected chi connectivity index (χ0v) is 19.9. The van der Waals surface area contributed by atoms with Gasteiger partial charge in [-0.1, -0.05) is 0 Å². The van der Waals surface area contributed by atoms with Crippen LogP contribution in [-0.2, 0) is 9.47 Å². The maximum Gasteiger partial charge on any atom is 0.410 e.